The van der Waals surface area contributed by atoms with Crippen LogP contribution in [-0.4, -0.2) is 0 Å². The van der Waals surface area contributed by atoms with E-state index in [-0.39, 0.29) is 5.41 Å². The standard InChI is InChI=1S/C25H22/c1-4-16-8-7-9-17-12-13-18-14-21-19-10-5-6-11-22(19)25(2,3)23(21)15-20(18)24(16)17/h5-15H,4H2,1-3H3. The first kappa shape index (κ1) is 14.7. The molecular formula is C25H22. The van der Waals surface area contributed by atoms with Gasteiger partial charge < -0.3 is 0 Å². The second kappa shape index (κ2) is 4.95. The maximum atomic E-state index is 2.46. The van der Waals surface area contributed by atoms with Crippen molar-refractivity contribution >= 4 is 21.5 Å². The third-order valence-corrected chi connectivity index (χ3v) is 6.03. The second-order valence-electron chi connectivity index (χ2n) is 7.72. The molecule has 0 spiro atoms. The van der Waals surface area contributed by atoms with Crippen molar-refractivity contribution in [3.05, 3.63) is 83.4 Å². The van der Waals surface area contributed by atoms with Gasteiger partial charge in [-0.3, -0.25) is 0 Å². The molecule has 0 saturated heterocycles. The highest BCUT2D eigenvalue weighted by molar-refractivity contribution is 6.11. The topological polar surface area (TPSA) is 0 Å². The predicted octanol–water partition coefficient (Wildman–Crippen LogP) is 6.86. The van der Waals surface area contributed by atoms with Crippen molar-refractivity contribution in [3.63, 3.8) is 0 Å². The van der Waals surface area contributed by atoms with Gasteiger partial charge in [0.15, 0.2) is 0 Å². The predicted molar refractivity (Wildman–Crippen MR) is 108 cm³/mol. The maximum Gasteiger partial charge on any atom is 0.0159 e. The lowest BCUT2D eigenvalue weighted by molar-refractivity contribution is 0.661. The Morgan fingerprint density at radius 2 is 1.52 bits per heavy atom. The van der Waals surface area contributed by atoms with Crippen molar-refractivity contribution in [3.8, 4) is 11.1 Å². The lowest BCUT2D eigenvalue weighted by Crippen LogP contribution is -2.14. The zero-order valence-electron chi connectivity index (χ0n) is 15.1. The molecule has 1 aliphatic carbocycles. The van der Waals surface area contributed by atoms with E-state index in [1.807, 2.05) is 0 Å². The fraction of sp³-hybridized carbons (Fsp3) is 0.200. The molecule has 4 aromatic rings. The number of hydrogen-bond donors (Lipinski definition) is 0. The van der Waals surface area contributed by atoms with Gasteiger partial charge >= 0.3 is 0 Å². The van der Waals surface area contributed by atoms with Crippen LogP contribution in [0.2, 0.25) is 0 Å². The van der Waals surface area contributed by atoms with Gasteiger partial charge in [-0.25, -0.2) is 0 Å². The van der Waals surface area contributed by atoms with Crippen molar-refractivity contribution in [2.45, 2.75) is 32.6 Å². The van der Waals surface area contributed by atoms with E-state index < -0.39 is 0 Å². The Labute approximate surface area is 149 Å². The van der Waals surface area contributed by atoms with Crippen LogP contribution in [0.5, 0.6) is 0 Å². The van der Waals surface area contributed by atoms with Gasteiger partial charge in [0, 0.05) is 5.41 Å². The molecular weight excluding hydrogens is 300 g/mol. The molecule has 0 nitrogen and oxygen atoms in total. The zero-order valence-corrected chi connectivity index (χ0v) is 15.1. The second-order valence-corrected chi connectivity index (χ2v) is 7.72. The molecule has 4 aromatic carbocycles. The van der Waals surface area contributed by atoms with Crippen molar-refractivity contribution in [1.82, 2.24) is 0 Å². The summed E-state index contributed by atoms with van der Waals surface area (Å²) in [6.45, 7) is 6.96. The van der Waals surface area contributed by atoms with E-state index in [1.165, 1.54) is 49.4 Å². The van der Waals surface area contributed by atoms with Crippen LogP contribution >= 0.6 is 0 Å². The van der Waals surface area contributed by atoms with E-state index in [0.29, 0.717) is 0 Å². The first-order valence-electron chi connectivity index (χ1n) is 9.20. The van der Waals surface area contributed by atoms with Gasteiger partial charge in [-0.05, 0) is 67.9 Å². The minimum absolute atomic E-state index is 0.0590. The molecule has 0 heterocycles. The zero-order chi connectivity index (χ0) is 17.2. The lowest BCUT2D eigenvalue weighted by Gasteiger charge is -2.22. The van der Waals surface area contributed by atoms with E-state index in [4.69, 9.17) is 0 Å². The Balaban J connectivity index is 1.94. The van der Waals surface area contributed by atoms with Gasteiger partial charge in [-0.15, -0.1) is 0 Å². The summed E-state index contributed by atoms with van der Waals surface area (Å²) in [4.78, 5) is 0. The molecule has 0 N–H and O–H groups in total. The van der Waals surface area contributed by atoms with Crippen LogP contribution in [0.1, 0.15) is 37.5 Å². The quantitative estimate of drug-likeness (QED) is 0.336. The molecule has 0 aliphatic heterocycles. The fourth-order valence-corrected chi connectivity index (χ4v) is 4.68. The average Bonchev–Trinajstić information content (AvgIpc) is 2.87. The number of benzene rings is 4. The third-order valence-electron chi connectivity index (χ3n) is 6.03. The molecule has 122 valence electrons. The maximum absolute atomic E-state index is 2.46. The van der Waals surface area contributed by atoms with Crippen LogP contribution in [-0.2, 0) is 11.8 Å². The number of hydrogen-bond acceptors (Lipinski definition) is 0. The van der Waals surface area contributed by atoms with E-state index in [2.05, 4.69) is 87.5 Å². The van der Waals surface area contributed by atoms with Crippen LogP contribution < -0.4 is 0 Å². The van der Waals surface area contributed by atoms with E-state index >= 15 is 0 Å². The third kappa shape index (κ3) is 1.88. The highest BCUT2D eigenvalue weighted by atomic mass is 14.4. The summed E-state index contributed by atoms with van der Waals surface area (Å²) < 4.78 is 0. The molecule has 0 amide bonds. The van der Waals surface area contributed by atoms with Crippen LogP contribution in [0, 0.1) is 0 Å². The molecule has 1 aliphatic rings. The van der Waals surface area contributed by atoms with Crippen LogP contribution in [0.25, 0.3) is 32.7 Å². The Morgan fingerprint density at radius 3 is 2.36 bits per heavy atom. The minimum atomic E-state index is 0.0590. The summed E-state index contributed by atoms with van der Waals surface area (Å²) in [7, 11) is 0. The summed E-state index contributed by atoms with van der Waals surface area (Å²) >= 11 is 0. The van der Waals surface area contributed by atoms with Crippen LogP contribution in [0.3, 0.4) is 0 Å². The molecule has 0 bridgehead atoms. The van der Waals surface area contributed by atoms with Crippen molar-refractivity contribution in [1.29, 1.82) is 0 Å². The first-order valence-corrected chi connectivity index (χ1v) is 9.20. The van der Waals surface area contributed by atoms with Crippen molar-refractivity contribution < 1.29 is 0 Å². The minimum Gasteiger partial charge on any atom is -0.0619 e. The average molecular weight is 322 g/mol. The monoisotopic (exact) mass is 322 g/mol. The Bertz CT molecular complexity index is 1150. The Hall–Kier alpha value is -2.60. The van der Waals surface area contributed by atoms with E-state index in [1.54, 1.807) is 0 Å². The van der Waals surface area contributed by atoms with Gasteiger partial charge in [0.1, 0.15) is 0 Å². The fourth-order valence-electron chi connectivity index (χ4n) is 4.68. The van der Waals surface area contributed by atoms with E-state index in [9.17, 15) is 0 Å². The van der Waals surface area contributed by atoms with Crippen molar-refractivity contribution in [2.24, 2.45) is 0 Å². The smallest absolute Gasteiger partial charge is 0.0159 e. The molecule has 0 fully saturated rings. The summed E-state index contributed by atoms with van der Waals surface area (Å²) in [6, 6.07) is 25.0. The van der Waals surface area contributed by atoms with Gasteiger partial charge in [-0.2, -0.15) is 0 Å². The van der Waals surface area contributed by atoms with Crippen LogP contribution in [0.15, 0.2) is 66.7 Å². The Kier molecular flexibility index (Phi) is 2.92. The van der Waals surface area contributed by atoms with E-state index in [0.717, 1.165) is 6.42 Å². The molecule has 0 aromatic heterocycles. The Morgan fingerprint density at radius 1 is 0.720 bits per heavy atom. The normalized spacial score (nSPS) is 14.7. The number of aryl methyl sites for hydroxylation is 1. The highest BCUT2D eigenvalue weighted by Crippen LogP contribution is 2.50. The summed E-state index contributed by atoms with van der Waals surface area (Å²) in [6.07, 6.45) is 1.07. The van der Waals surface area contributed by atoms with Gasteiger partial charge in [0.2, 0.25) is 0 Å². The molecule has 0 heteroatoms. The molecule has 5 rings (SSSR count). The summed E-state index contributed by atoms with van der Waals surface area (Å²) in [5.74, 6) is 0. The summed E-state index contributed by atoms with van der Waals surface area (Å²) in [5.41, 5.74) is 7.20. The first-order chi connectivity index (χ1) is 12.1. The molecule has 0 radical (unpaired) electrons. The number of rotatable bonds is 1. The van der Waals surface area contributed by atoms with Gasteiger partial charge in [0.25, 0.3) is 0 Å². The number of fused-ring (bicyclic) bond motifs is 6. The highest BCUT2D eigenvalue weighted by Gasteiger charge is 2.35. The van der Waals surface area contributed by atoms with Gasteiger partial charge in [-0.1, -0.05) is 75.4 Å². The van der Waals surface area contributed by atoms with Gasteiger partial charge in [0.05, 0.1) is 0 Å². The lowest BCUT2D eigenvalue weighted by atomic mass is 9.81. The largest absolute Gasteiger partial charge is 0.0619 e. The SMILES string of the molecule is CCc1cccc2ccc3cc4c(cc3c12)C(C)(C)c1ccccc1-4. The van der Waals surface area contributed by atoms with Crippen LogP contribution in [0.4, 0.5) is 0 Å². The molecule has 0 atom stereocenters. The summed E-state index contributed by atoms with van der Waals surface area (Å²) in [5, 5.41) is 5.52. The molecule has 25 heavy (non-hydrogen) atoms. The molecule has 0 saturated carbocycles. The van der Waals surface area contributed by atoms with Crippen molar-refractivity contribution in [2.75, 3.05) is 0 Å². The molecule has 0 unspecified atom stereocenters.